The number of guanidine groups is 1. The van der Waals surface area contributed by atoms with Crippen LogP contribution in [0.2, 0.25) is 0 Å². The average molecular weight is 535 g/mol. The van der Waals surface area contributed by atoms with Crippen LogP contribution in [0.5, 0.6) is 5.75 Å². The number of likely N-dealkylation sites (N-methyl/N-ethyl adjacent to an activating group) is 1. The summed E-state index contributed by atoms with van der Waals surface area (Å²) in [5, 5.41) is 6.69. The highest BCUT2D eigenvalue weighted by molar-refractivity contribution is 14.0. The number of aliphatic imine (C=N–C) groups is 1. The van der Waals surface area contributed by atoms with Crippen molar-refractivity contribution in [2.24, 2.45) is 4.99 Å². The number of hydrogen-bond acceptors (Lipinski definition) is 5. The zero-order valence-corrected chi connectivity index (χ0v) is 20.7. The second-order valence-electron chi connectivity index (χ2n) is 7.07. The van der Waals surface area contributed by atoms with Gasteiger partial charge in [-0.3, -0.25) is 4.99 Å². The predicted molar refractivity (Wildman–Crippen MR) is 135 cm³/mol. The van der Waals surface area contributed by atoms with Gasteiger partial charge in [0.25, 0.3) is 0 Å². The van der Waals surface area contributed by atoms with Crippen LogP contribution in [-0.2, 0) is 6.54 Å². The molecule has 1 aromatic heterocycles. The highest BCUT2D eigenvalue weighted by Crippen LogP contribution is 2.21. The average Bonchev–Trinajstić information content (AvgIpc) is 3.26. The Morgan fingerprint density at radius 2 is 1.81 bits per heavy atom. The van der Waals surface area contributed by atoms with Gasteiger partial charge in [-0.15, -0.1) is 24.0 Å². The van der Waals surface area contributed by atoms with Crippen LogP contribution < -0.4 is 15.4 Å². The Labute approximate surface area is 200 Å². The molecule has 0 saturated heterocycles. The maximum Gasteiger partial charge on any atom is 0.226 e. The Kier molecular flexibility index (Phi) is 9.80. The fourth-order valence-electron chi connectivity index (χ4n) is 3.11. The molecule has 1 heterocycles. The van der Waals surface area contributed by atoms with Crippen LogP contribution in [0.4, 0.5) is 0 Å². The van der Waals surface area contributed by atoms with E-state index in [0.29, 0.717) is 24.9 Å². The Hall–Kier alpha value is -2.59. The molecule has 0 amide bonds. The fourth-order valence-corrected chi connectivity index (χ4v) is 3.11. The molecule has 0 aliphatic heterocycles. The molecule has 0 saturated carbocycles. The minimum Gasteiger partial charge on any atom is -0.497 e. The largest absolute Gasteiger partial charge is 0.497 e. The molecule has 2 N–H and O–H groups in total. The third kappa shape index (κ3) is 6.96. The van der Waals surface area contributed by atoms with Crippen molar-refractivity contribution >= 4 is 29.9 Å². The number of aromatic nitrogens is 1. The molecule has 0 fully saturated rings. The van der Waals surface area contributed by atoms with Crippen LogP contribution in [0.3, 0.4) is 0 Å². The summed E-state index contributed by atoms with van der Waals surface area (Å²) in [4.78, 5) is 11.0. The lowest BCUT2D eigenvalue weighted by Crippen LogP contribution is -2.41. The van der Waals surface area contributed by atoms with Crippen molar-refractivity contribution in [2.75, 3.05) is 34.8 Å². The van der Waals surface area contributed by atoms with Crippen molar-refractivity contribution in [1.29, 1.82) is 0 Å². The molecule has 1 atom stereocenters. The highest BCUT2D eigenvalue weighted by Gasteiger charge is 2.15. The molecule has 7 nitrogen and oxygen atoms in total. The van der Waals surface area contributed by atoms with Crippen LogP contribution in [0, 0.1) is 0 Å². The molecular formula is C23H30IN5O2. The van der Waals surface area contributed by atoms with E-state index < -0.39 is 0 Å². The predicted octanol–water partition coefficient (Wildman–Crippen LogP) is 3.94. The second-order valence-corrected chi connectivity index (χ2v) is 7.07. The van der Waals surface area contributed by atoms with Gasteiger partial charge >= 0.3 is 0 Å². The minimum atomic E-state index is 0. The SMILES string of the molecule is CN=C(NCc1coc(-c2ccccc2)n1)NCC(c1ccc(OC)cc1)N(C)C.I. The Bertz CT molecular complexity index is 942. The third-order valence-electron chi connectivity index (χ3n) is 4.82. The van der Waals surface area contributed by atoms with E-state index in [1.807, 2.05) is 42.5 Å². The van der Waals surface area contributed by atoms with Crippen molar-refractivity contribution < 1.29 is 9.15 Å². The molecule has 0 spiro atoms. The molecule has 0 radical (unpaired) electrons. The monoisotopic (exact) mass is 535 g/mol. The Balaban J connectivity index is 0.00000341. The Morgan fingerprint density at radius 1 is 1.10 bits per heavy atom. The van der Waals surface area contributed by atoms with Gasteiger partial charge in [0.2, 0.25) is 5.89 Å². The number of nitrogens with zero attached hydrogens (tertiary/aromatic N) is 3. The lowest BCUT2D eigenvalue weighted by Gasteiger charge is -2.26. The van der Waals surface area contributed by atoms with Gasteiger partial charge in [-0.1, -0.05) is 30.3 Å². The quantitative estimate of drug-likeness (QED) is 0.259. The van der Waals surface area contributed by atoms with E-state index in [4.69, 9.17) is 9.15 Å². The van der Waals surface area contributed by atoms with Gasteiger partial charge in [0.1, 0.15) is 12.0 Å². The summed E-state index contributed by atoms with van der Waals surface area (Å²) in [5.74, 6) is 2.17. The third-order valence-corrected chi connectivity index (χ3v) is 4.82. The van der Waals surface area contributed by atoms with Gasteiger partial charge in [-0.2, -0.15) is 0 Å². The van der Waals surface area contributed by atoms with Gasteiger partial charge in [0.15, 0.2) is 5.96 Å². The topological polar surface area (TPSA) is 74.9 Å². The number of hydrogen-bond donors (Lipinski definition) is 2. The molecule has 0 bridgehead atoms. The summed E-state index contributed by atoms with van der Waals surface area (Å²) < 4.78 is 10.9. The van der Waals surface area contributed by atoms with E-state index in [1.165, 1.54) is 5.56 Å². The molecular weight excluding hydrogens is 505 g/mol. The van der Waals surface area contributed by atoms with Crippen LogP contribution in [0.25, 0.3) is 11.5 Å². The van der Waals surface area contributed by atoms with Crippen molar-refractivity contribution in [3.05, 3.63) is 72.1 Å². The van der Waals surface area contributed by atoms with Crippen LogP contribution in [-0.4, -0.2) is 50.6 Å². The number of methoxy groups -OCH3 is 1. The molecule has 8 heteroatoms. The van der Waals surface area contributed by atoms with Crippen molar-refractivity contribution in [2.45, 2.75) is 12.6 Å². The van der Waals surface area contributed by atoms with E-state index in [9.17, 15) is 0 Å². The number of oxazole rings is 1. The van der Waals surface area contributed by atoms with E-state index in [2.05, 4.69) is 51.7 Å². The van der Waals surface area contributed by atoms with Crippen LogP contribution >= 0.6 is 24.0 Å². The summed E-state index contributed by atoms with van der Waals surface area (Å²) in [6.07, 6.45) is 1.67. The summed E-state index contributed by atoms with van der Waals surface area (Å²) in [5.41, 5.74) is 2.98. The molecule has 3 aromatic rings. The van der Waals surface area contributed by atoms with Crippen molar-refractivity contribution in [1.82, 2.24) is 20.5 Å². The fraction of sp³-hybridized carbons (Fsp3) is 0.304. The summed E-state index contributed by atoms with van der Waals surface area (Å²) in [6, 6.07) is 18.2. The molecule has 31 heavy (non-hydrogen) atoms. The number of halogens is 1. The second kappa shape index (κ2) is 12.3. The first-order valence-corrected chi connectivity index (χ1v) is 9.85. The molecule has 1 unspecified atom stereocenters. The first kappa shape index (κ1) is 24.7. The molecule has 0 aliphatic rings. The zero-order chi connectivity index (χ0) is 21.3. The summed E-state index contributed by atoms with van der Waals surface area (Å²) in [6.45, 7) is 1.22. The minimum absolute atomic E-state index is 0. The van der Waals surface area contributed by atoms with Gasteiger partial charge in [0.05, 0.1) is 25.4 Å². The molecule has 166 valence electrons. The number of ether oxygens (including phenoxy) is 1. The first-order valence-electron chi connectivity index (χ1n) is 9.85. The summed E-state index contributed by atoms with van der Waals surface area (Å²) >= 11 is 0. The standard InChI is InChI=1S/C23H29N5O2.HI/c1-24-23(25-14-19-16-30-22(27-19)18-8-6-5-7-9-18)26-15-21(28(2)3)17-10-12-20(29-4)13-11-17;/h5-13,16,21H,14-15H2,1-4H3,(H2,24,25,26);1H. The van der Waals surface area contributed by atoms with Gasteiger partial charge in [-0.05, 0) is 43.9 Å². The lowest BCUT2D eigenvalue weighted by atomic mass is 10.1. The first-order chi connectivity index (χ1) is 14.6. The number of rotatable bonds is 8. The maximum atomic E-state index is 5.59. The lowest BCUT2D eigenvalue weighted by molar-refractivity contribution is 0.298. The molecule has 3 rings (SSSR count). The van der Waals surface area contributed by atoms with Crippen LogP contribution in [0.1, 0.15) is 17.3 Å². The van der Waals surface area contributed by atoms with Gasteiger partial charge in [0, 0.05) is 19.2 Å². The van der Waals surface area contributed by atoms with Crippen molar-refractivity contribution in [3.63, 3.8) is 0 Å². The van der Waals surface area contributed by atoms with E-state index in [1.54, 1.807) is 20.4 Å². The Morgan fingerprint density at radius 3 is 2.42 bits per heavy atom. The zero-order valence-electron chi connectivity index (χ0n) is 18.3. The van der Waals surface area contributed by atoms with E-state index in [-0.39, 0.29) is 30.0 Å². The normalized spacial score (nSPS) is 12.2. The summed E-state index contributed by atoms with van der Waals surface area (Å²) in [7, 11) is 7.56. The van der Waals surface area contributed by atoms with E-state index >= 15 is 0 Å². The van der Waals surface area contributed by atoms with Crippen molar-refractivity contribution in [3.8, 4) is 17.2 Å². The molecule has 0 aliphatic carbocycles. The highest BCUT2D eigenvalue weighted by atomic mass is 127. The van der Waals surface area contributed by atoms with Crippen LogP contribution in [0.15, 0.2) is 70.3 Å². The smallest absolute Gasteiger partial charge is 0.226 e. The number of nitrogens with one attached hydrogen (secondary N) is 2. The van der Waals surface area contributed by atoms with Gasteiger partial charge in [-0.25, -0.2) is 4.98 Å². The maximum absolute atomic E-state index is 5.59. The van der Waals surface area contributed by atoms with Gasteiger partial charge < -0.3 is 24.7 Å². The van der Waals surface area contributed by atoms with E-state index in [0.717, 1.165) is 17.0 Å². The number of benzene rings is 2. The molecule has 2 aromatic carbocycles.